The average Bonchev–Trinajstić information content (AvgIpc) is 3.35. The van der Waals surface area contributed by atoms with Gasteiger partial charge in [0.2, 0.25) is 0 Å². The Hall–Kier alpha value is -3.32. The maximum Gasteiger partial charge on any atom is 0.265 e. The zero-order chi connectivity index (χ0) is 20.4. The predicted molar refractivity (Wildman–Crippen MR) is 112 cm³/mol. The summed E-state index contributed by atoms with van der Waals surface area (Å²) in [6.07, 6.45) is 3.68. The highest BCUT2D eigenvalue weighted by Crippen LogP contribution is 2.29. The highest BCUT2D eigenvalue weighted by atomic mass is 32.1. The highest BCUT2D eigenvalue weighted by molar-refractivity contribution is 7.17. The van der Waals surface area contributed by atoms with E-state index in [2.05, 4.69) is 10.1 Å². The number of carbonyl (C=O) groups excluding carboxylic acids is 1. The first-order valence-corrected chi connectivity index (χ1v) is 9.91. The van der Waals surface area contributed by atoms with Crippen LogP contribution in [0.1, 0.15) is 20.9 Å². The Bertz CT molecular complexity index is 1140. The molecule has 0 aliphatic heterocycles. The summed E-state index contributed by atoms with van der Waals surface area (Å²) in [5.74, 6) is -0.394. The van der Waals surface area contributed by atoms with Crippen LogP contribution in [-0.4, -0.2) is 32.6 Å². The molecule has 0 spiro atoms. The van der Waals surface area contributed by atoms with Gasteiger partial charge in [0.25, 0.3) is 5.91 Å². The molecule has 0 saturated carbocycles. The zero-order valence-electron chi connectivity index (χ0n) is 16.0. The van der Waals surface area contributed by atoms with Crippen LogP contribution in [0.25, 0.3) is 16.3 Å². The highest BCUT2D eigenvalue weighted by Gasteiger charge is 2.20. The molecule has 0 aliphatic rings. The molecule has 0 bridgehead atoms. The van der Waals surface area contributed by atoms with Crippen LogP contribution in [0.5, 0.6) is 0 Å². The van der Waals surface area contributed by atoms with Crippen LogP contribution in [0, 0.1) is 12.7 Å². The number of carbonyl (C=O) groups is 1. The molecule has 0 radical (unpaired) electrons. The van der Waals surface area contributed by atoms with E-state index in [0.29, 0.717) is 22.1 Å². The van der Waals surface area contributed by atoms with Gasteiger partial charge in [-0.1, -0.05) is 18.2 Å². The van der Waals surface area contributed by atoms with Gasteiger partial charge in [0, 0.05) is 30.9 Å². The third kappa shape index (κ3) is 4.09. The summed E-state index contributed by atoms with van der Waals surface area (Å²) in [5, 5.41) is 5.08. The van der Waals surface area contributed by atoms with E-state index in [1.165, 1.54) is 23.5 Å². The SMILES string of the molecule is Cc1nc(-c2ccc(F)cc2)sc1C(=O)N(C)Cc1cnn(-c2ccccc2)c1. The molecule has 1 amide bonds. The molecule has 0 fully saturated rings. The van der Waals surface area contributed by atoms with Crippen LogP contribution in [0.2, 0.25) is 0 Å². The Morgan fingerprint density at radius 3 is 2.59 bits per heavy atom. The Labute approximate surface area is 172 Å². The molecule has 0 atom stereocenters. The molecule has 7 heteroatoms. The first kappa shape index (κ1) is 19.0. The number of benzene rings is 2. The van der Waals surface area contributed by atoms with Crippen LogP contribution in [0.4, 0.5) is 4.39 Å². The smallest absolute Gasteiger partial charge is 0.265 e. The van der Waals surface area contributed by atoms with E-state index in [0.717, 1.165) is 16.8 Å². The van der Waals surface area contributed by atoms with Crippen molar-refractivity contribution in [2.24, 2.45) is 0 Å². The maximum absolute atomic E-state index is 13.2. The van der Waals surface area contributed by atoms with Crippen LogP contribution < -0.4 is 0 Å². The third-order valence-electron chi connectivity index (χ3n) is 4.51. The van der Waals surface area contributed by atoms with Crippen molar-refractivity contribution in [3.63, 3.8) is 0 Å². The Morgan fingerprint density at radius 2 is 1.86 bits per heavy atom. The largest absolute Gasteiger partial charge is 0.337 e. The van der Waals surface area contributed by atoms with E-state index in [1.807, 2.05) is 43.5 Å². The quantitative estimate of drug-likeness (QED) is 0.482. The monoisotopic (exact) mass is 406 g/mol. The molecule has 29 heavy (non-hydrogen) atoms. The Kier molecular flexibility index (Phi) is 5.22. The van der Waals surface area contributed by atoms with Crippen molar-refractivity contribution in [1.82, 2.24) is 19.7 Å². The molecular formula is C22H19FN4OS. The van der Waals surface area contributed by atoms with Crippen LogP contribution >= 0.6 is 11.3 Å². The van der Waals surface area contributed by atoms with E-state index in [9.17, 15) is 9.18 Å². The van der Waals surface area contributed by atoms with Gasteiger partial charge in [-0.2, -0.15) is 5.10 Å². The van der Waals surface area contributed by atoms with E-state index < -0.39 is 0 Å². The fraction of sp³-hybridized carbons (Fsp3) is 0.136. The van der Waals surface area contributed by atoms with Gasteiger partial charge >= 0.3 is 0 Å². The van der Waals surface area contributed by atoms with Gasteiger partial charge < -0.3 is 4.90 Å². The Morgan fingerprint density at radius 1 is 1.14 bits per heavy atom. The Balaban J connectivity index is 1.50. The number of para-hydroxylation sites is 1. The van der Waals surface area contributed by atoms with Crippen molar-refractivity contribution < 1.29 is 9.18 Å². The number of aryl methyl sites for hydroxylation is 1. The lowest BCUT2D eigenvalue weighted by atomic mass is 10.2. The molecule has 0 unspecified atom stereocenters. The van der Waals surface area contributed by atoms with Crippen LogP contribution in [-0.2, 0) is 6.54 Å². The van der Waals surface area contributed by atoms with Gasteiger partial charge in [0.1, 0.15) is 15.7 Å². The maximum atomic E-state index is 13.2. The lowest BCUT2D eigenvalue weighted by molar-refractivity contribution is 0.0789. The van der Waals surface area contributed by atoms with E-state index in [-0.39, 0.29) is 11.7 Å². The number of nitrogens with zero attached hydrogens (tertiary/aromatic N) is 4. The number of halogens is 1. The van der Waals surface area contributed by atoms with Gasteiger partial charge in [-0.15, -0.1) is 11.3 Å². The molecule has 0 aliphatic carbocycles. The first-order chi connectivity index (χ1) is 14.0. The molecule has 0 N–H and O–H groups in total. The van der Waals surface area contributed by atoms with Crippen molar-refractivity contribution in [3.05, 3.63) is 88.9 Å². The number of rotatable bonds is 5. The summed E-state index contributed by atoms with van der Waals surface area (Å²) in [4.78, 5) is 19.7. The third-order valence-corrected chi connectivity index (χ3v) is 5.70. The first-order valence-electron chi connectivity index (χ1n) is 9.09. The van der Waals surface area contributed by atoms with Crippen molar-refractivity contribution in [2.45, 2.75) is 13.5 Å². The zero-order valence-corrected chi connectivity index (χ0v) is 16.9. The molecule has 0 saturated heterocycles. The summed E-state index contributed by atoms with van der Waals surface area (Å²) in [5.41, 5.74) is 3.37. The van der Waals surface area contributed by atoms with Crippen LogP contribution in [0.3, 0.4) is 0 Å². The topological polar surface area (TPSA) is 51.0 Å². The average molecular weight is 406 g/mol. The summed E-state index contributed by atoms with van der Waals surface area (Å²) in [7, 11) is 1.76. The second kappa shape index (κ2) is 7.97. The molecule has 4 aromatic rings. The minimum absolute atomic E-state index is 0.0965. The number of aromatic nitrogens is 3. The molecular weight excluding hydrogens is 387 g/mol. The van der Waals surface area contributed by atoms with Gasteiger partial charge in [-0.05, 0) is 43.3 Å². The molecule has 5 nitrogen and oxygen atoms in total. The molecule has 4 rings (SSSR count). The number of thiazole rings is 1. The van der Waals surface area contributed by atoms with Gasteiger partial charge in [0.15, 0.2) is 0 Å². The number of hydrogen-bond acceptors (Lipinski definition) is 4. The predicted octanol–water partition coefficient (Wildman–Crippen LogP) is 4.72. The van der Waals surface area contributed by atoms with Crippen LogP contribution in [0.15, 0.2) is 67.0 Å². The van der Waals surface area contributed by atoms with E-state index >= 15 is 0 Å². The number of amides is 1. The van der Waals surface area contributed by atoms with Crippen molar-refractivity contribution in [1.29, 1.82) is 0 Å². The van der Waals surface area contributed by atoms with Crippen molar-refractivity contribution >= 4 is 17.2 Å². The second-order valence-corrected chi connectivity index (χ2v) is 7.73. The minimum atomic E-state index is -0.297. The van der Waals surface area contributed by atoms with Gasteiger partial charge in [0.05, 0.1) is 17.6 Å². The molecule has 146 valence electrons. The van der Waals surface area contributed by atoms with Crippen molar-refractivity contribution in [2.75, 3.05) is 7.05 Å². The van der Waals surface area contributed by atoms with Gasteiger partial charge in [-0.25, -0.2) is 14.1 Å². The lowest BCUT2D eigenvalue weighted by Gasteiger charge is -2.15. The van der Waals surface area contributed by atoms with E-state index in [4.69, 9.17) is 0 Å². The fourth-order valence-corrected chi connectivity index (χ4v) is 4.06. The molecule has 2 heterocycles. The second-order valence-electron chi connectivity index (χ2n) is 6.73. The standard InChI is InChI=1S/C22H19FN4OS/c1-15-20(29-21(25-15)17-8-10-18(23)11-9-17)22(28)26(2)13-16-12-24-27(14-16)19-6-4-3-5-7-19/h3-12,14H,13H2,1-2H3. The van der Waals surface area contributed by atoms with E-state index in [1.54, 1.807) is 35.0 Å². The lowest BCUT2D eigenvalue weighted by Crippen LogP contribution is -2.25. The summed E-state index contributed by atoms with van der Waals surface area (Å²) >= 11 is 1.32. The minimum Gasteiger partial charge on any atom is -0.337 e. The summed E-state index contributed by atoms with van der Waals surface area (Å²) in [6, 6.07) is 15.9. The van der Waals surface area contributed by atoms with Crippen molar-refractivity contribution in [3.8, 4) is 16.3 Å². The molecule has 2 aromatic carbocycles. The normalized spacial score (nSPS) is 10.9. The summed E-state index contributed by atoms with van der Waals surface area (Å²) in [6.45, 7) is 2.26. The van der Waals surface area contributed by atoms with Gasteiger partial charge in [-0.3, -0.25) is 4.79 Å². The summed E-state index contributed by atoms with van der Waals surface area (Å²) < 4.78 is 14.9. The fourth-order valence-electron chi connectivity index (χ4n) is 2.99. The number of hydrogen-bond donors (Lipinski definition) is 0. The molecule has 2 aromatic heterocycles.